The van der Waals surface area contributed by atoms with E-state index in [-0.39, 0.29) is 12.5 Å². The molecule has 102 valence electrons. The molecule has 0 fully saturated rings. The van der Waals surface area contributed by atoms with Crippen LogP contribution in [0.1, 0.15) is 28.9 Å². The van der Waals surface area contributed by atoms with Crippen LogP contribution in [0.2, 0.25) is 0 Å². The van der Waals surface area contributed by atoms with Gasteiger partial charge in [0.1, 0.15) is 12.3 Å². The number of nitrogens with one attached hydrogen (secondary N) is 1. The molecule has 0 aliphatic carbocycles. The number of hydrogen-bond donors (Lipinski definition) is 2. The van der Waals surface area contributed by atoms with E-state index in [9.17, 15) is 4.79 Å². The number of aromatic nitrogens is 1. The van der Waals surface area contributed by atoms with Crippen molar-refractivity contribution in [3.05, 3.63) is 29.6 Å². The van der Waals surface area contributed by atoms with Crippen LogP contribution in [0.3, 0.4) is 0 Å². The summed E-state index contributed by atoms with van der Waals surface area (Å²) in [5, 5.41) is 11.5. The molecular formula is C14H18N2O2S. The summed E-state index contributed by atoms with van der Waals surface area (Å²) in [6, 6.07) is 3.44. The van der Waals surface area contributed by atoms with Gasteiger partial charge in [0.2, 0.25) is 0 Å². The van der Waals surface area contributed by atoms with E-state index < -0.39 is 0 Å². The van der Waals surface area contributed by atoms with Gasteiger partial charge in [-0.1, -0.05) is 11.8 Å². The van der Waals surface area contributed by atoms with Gasteiger partial charge >= 0.3 is 0 Å². The number of nitrogens with zero attached hydrogens (tertiary/aromatic N) is 1. The Kier molecular flexibility index (Phi) is 7.71. The molecule has 1 aromatic heterocycles. The number of aliphatic hydroxyl groups is 1. The zero-order valence-corrected chi connectivity index (χ0v) is 11.8. The lowest BCUT2D eigenvalue weighted by Crippen LogP contribution is -2.26. The molecule has 0 saturated carbocycles. The van der Waals surface area contributed by atoms with Crippen LogP contribution in [0.4, 0.5) is 0 Å². The minimum Gasteiger partial charge on any atom is -0.384 e. The van der Waals surface area contributed by atoms with Crippen LogP contribution in [0, 0.1) is 11.8 Å². The third-order valence-electron chi connectivity index (χ3n) is 2.39. The van der Waals surface area contributed by atoms with Crippen LogP contribution in [-0.2, 0) is 0 Å². The number of carbonyl (C=O) groups excluding carboxylic acids is 1. The minimum atomic E-state index is -0.232. The summed E-state index contributed by atoms with van der Waals surface area (Å²) in [6.45, 7) is 0.410. The number of unbranched alkanes of at least 4 members (excludes halogenated alkanes) is 1. The third-order valence-corrected chi connectivity index (χ3v) is 3.08. The van der Waals surface area contributed by atoms with Crippen molar-refractivity contribution >= 4 is 17.7 Å². The Balaban J connectivity index is 2.56. The number of carbonyl (C=O) groups is 1. The maximum Gasteiger partial charge on any atom is 0.271 e. The fourth-order valence-corrected chi connectivity index (χ4v) is 1.97. The second kappa shape index (κ2) is 9.42. The molecule has 19 heavy (non-hydrogen) atoms. The molecule has 1 heterocycles. The first-order valence-corrected chi connectivity index (χ1v) is 7.51. The van der Waals surface area contributed by atoms with Crippen LogP contribution < -0.4 is 5.32 Å². The topological polar surface area (TPSA) is 62.2 Å². The Morgan fingerprint density at radius 2 is 2.37 bits per heavy atom. The molecule has 0 radical (unpaired) electrons. The van der Waals surface area contributed by atoms with Gasteiger partial charge in [0.05, 0.1) is 5.56 Å². The SMILES string of the molecule is CSCCCCNC(=O)c1ncccc1C#CCO. The van der Waals surface area contributed by atoms with Crippen LogP contribution in [-0.4, -0.2) is 41.2 Å². The molecule has 0 spiro atoms. The number of aliphatic hydroxyl groups excluding tert-OH is 1. The fraction of sp³-hybridized carbons (Fsp3) is 0.429. The molecule has 0 aliphatic rings. The number of pyridine rings is 1. The lowest BCUT2D eigenvalue weighted by atomic mass is 10.2. The van der Waals surface area contributed by atoms with Crippen molar-refractivity contribution in [1.82, 2.24) is 10.3 Å². The molecule has 2 N–H and O–H groups in total. The van der Waals surface area contributed by atoms with E-state index in [4.69, 9.17) is 5.11 Å². The van der Waals surface area contributed by atoms with E-state index in [1.54, 1.807) is 30.1 Å². The van der Waals surface area contributed by atoms with Gasteiger partial charge in [0.25, 0.3) is 5.91 Å². The highest BCUT2D eigenvalue weighted by atomic mass is 32.2. The van der Waals surface area contributed by atoms with Gasteiger partial charge in [-0.25, -0.2) is 4.98 Å². The van der Waals surface area contributed by atoms with Crippen molar-refractivity contribution in [3.63, 3.8) is 0 Å². The second-order valence-electron chi connectivity index (χ2n) is 3.82. The molecule has 0 saturated heterocycles. The summed E-state index contributed by atoms with van der Waals surface area (Å²) < 4.78 is 0. The summed E-state index contributed by atoms with van der Waals surface area (Å²) in [6.07, 6.45) is 5.67. The monoisotopic (exact) mass is 278 g/mol. The first kappa shape index (κ1) is 15.5. The summed E-state index contributed by atoms with van der Waals surface area (Å²) >= 11 is 1.80. The molecule has 1 rings (SSSR count). The Labute approximate surface area is 118 Å². The molecule has 1 aromatic rings. The third kappa shape index (κ3) is 5.77. The van der Waals surface area contributed by atoms with E-state index in [2.05, 4.69) is 28.4 Å². The highest BCUT2D eigenvalue weighted by Gasteiger charge is 2.10. The maximum atomic E-state index is 12.0. The number of rotatable bonds is 6. The molecular weight excluding hydrogens is 260 g/mol. The van der Waals surface area contributed by atoms with Gasteiger partial charge in [-0.05, 0) is 37.0 Å². The van der Waals surface area contributed by atoms with Crippen molar-refractivity contribution in [1.29, 1.82) is 0 Å². The first-order valence-electron chi connectivity index (χ1n) is 6.11. The van der Waals surface area contributed by atoms with Crippen molar-refractivity contribution in [2.45, 2.75) is 12.8 Å². The zero-order valence-electron chi connectivity index (χ0n) is 11.0. The normalized spacial score (nSPS) is 9.58. The van der Waals surface area contributed by atoms with Gasteiger partial charge < -0.3 is 10.4 Å². The molecule has 5 heteroatoms. The Morgan fingerprint density at radius 1 is 1.53 bits per heavy atom. The number of thioether (sulfide) groups is 1. The average Bonchev–Trinajstić information content (AvgIpc) is 2.45. The van der Waals surface area contributed by atoms with Crippen LogP contribution in [0.25, 0.3) is 0 Å². The second-order valence-corrected chi connectivity index (χ2v) is 4.80. The van der Waals surface area contributed by atoms with Crippen molar-refractivity contribution in [2.24, 2.45) is 0 Å². The van der Waals surface area contributed by atoms with Gasteiger partial charge in [0, 0.05) is 12.7 Å². The Bertz CT molecular complexity index is 466. The highest BCUT2D eigenvalue weighted by molar-refractivity contribution is 7.98. The van der Waals surface area contributed by atoms with Crippen LogP contribution >= 0.6 is 11.8 Å². The quantitative estimate of drug-likeness (QED) is 0.608. The van der Waals surface area contributed by atoms with E-state index in [0.717, 1.165) is 18.6 Å². The minimum absolute atomic E-state index is 0.216. The molecule has 0 unspecified atom stereocenters. The van der Waals surface area contributed by atoms with E-state index in [0.29, 0.717) is 17.8 Å². The fourth-order valence-electron chi connectivity index (χ4n) is 1.48. The van der Waals surface area contributed by atoms with Crippen LogP contribution in [0.15, 0.2) is 18.3 Å². The van der Waals surface area contributed by atoms with Crippen molar-refractivity contribution < 1.29 is 9.90 Å². The lowest BCUT2D eigenvalue weighted by Gasteiger charge is -2.05. The highest BCUT2D eigenvalue weighted by Crippen LogP contribution is 2.04. The molecule has 1 amide bonds. The number of amides is 1. The summed E-state index contributed by atoms with van der Waals surface area (Å²) in [5.74, 6) is 6.14. The van der Waals surface area contributed by atoms with E-state index in [1.807, 2.05) is 0 Å². The predicted octanol–water partition coefficient (Wildman–Crippen LogP) is 1.30. The summed E-state index contributed by atoms with van der Waals surface area (Å²) in [7, 11) is 0. The standard InChI is InChI=1S/C14H18N2O2S/c1-19-11-3-2-8-16-14(18)13-12(7-5-10-17)6-4-9-15-13/h4,6,9,17H,2-3,8,10-11H2,1H3,(H,16,18). The molecule has 0 bridgehead atoms. The predicted molar refractivity (Wildman–Crippen MR) is 78.2 cm³/mol. The Morgan fingerprint density at radius 3 is 3.11 bits per heavy atom. The van der Waals surface area contributed by atoms with Gasteiger partial charge in [-0.2, -0.15) is 11.8 Å². The van der Waals surface area contributed by atoms with Gasteiger partial charge in [0.15, 0.2) is 0 Å². The average molecular weight is 278 g/mol. The summed E-state index contributed by atoms with van der Waals surface area (Å²) in [4.78, 5) is 16.0. The first-order chi connectivity index (χ1) is 9.29. The molecule has 0 aromatic carbocycles. The maximum absolute atomic E-state index is 12.0. The van der Waals surface area contributed by atoms with Crippen LogP contribution in [0.5, 0.6) is 0 Å². The number of hydrogen-bond acceptors (Lipinski definition) is 4. The largest absolute Gasteiger partial charge is 0.384 e. The smallest absolute Gasteiger partial charge is 0.271 e. The molecule has 0 aliphatic heterocycles. The zero-order chi connectivity index (χ0) is 13.9. The van der Waals surface area contributed by atoms with E-state index >= 15 is 0 Å². The molecule has 4 nitrogen and oxygen atoms in total. The van der Waals surface area contributed by atoms with Gasteiger partial charge in [-0.15, -0.1) is 0 Å². The van der Waals surface area contributed by atoms with E-state index in [1.165, 1.54) is 0 Å². The lowest BCUT2D eigenvalue weighted by molar-refractivity contribution is 0.0948. The van der Waals surface area contributed by atoms with Crippen molar-refractivity contribution in [3.8, 4) is 11.8 Å². The van der Waals surface area contributed by atoms with Crippen molar-refractivity contribution in [2.75, 3.05) is 25.2 Å². The van der Waals surface area contributed by atoms with Gasteiger partial charge in [-0.3, -0.25) is 4.79 Å². The molecule has 0 atom stereocenters. The summed E-state index contributed by atoms with van der Waals surface area (Å²) in [5.41, 5.74) is 0.853. The Hall–Kier alpha value is -1.51.